The number of hydrogen-bond donors (Lipinski definition) is 0. The van der Waals surface area contributed by atoms with Gasteiger partial charge in [0.05, 0.1) is 4.47 Å². The molecule has 0 spiro atoms. The summed E-state index contributed by atoms with van der Waals surface area (Å²) >= 11 is 2.80. The van der Waals surface area contributed by atoms with E-state index in [9.17, 15) is 13.2 Å². The van der Waals surface area contributed by atoms with Crippen LogP contribution < -0.4 is 0 Å². The monoisotopic (exact) mass is 225 g/mol. The first-order valence-electron chi connectivity index (χ1n) is 2.70. The quantitative estimate of drug-likeness (QED) is 0.717. The summed E-state index contributed by atoms with van der Waals surface area (Å²) in [6.45, 7) is 0. The minimum Gasteiger partial charge on any atom is -0.254 e. The summed E-state index contributed by atoms with van der Waals surface area (Å²) in [4.78, 5) is 3.30. The number of pyridine rings is 1. The highest BCUT2D eigenvalue weighted by Crippen LogP contribution is 2.20. The summed E-state index contributed by atoms with van der Waals surface area (Å²) in [6.07, 6.45) is -1.71. The van der Waals surface area contributed by atoms with E-state index >= 15 is 0 Å². The van der Waals surface area contributed by atoms with Gasteiger partial charge in [-0.15, -0.1) is 0 Å². The Morgan fingerprint density at radius 3 is 2.55 bits per heavy atom. The van der Waals surface area contributed by atoms with Crippen LogP contribution in [0.25, 0.3) is 0 Å². The van der Waals surface area contributed by atoms with E-state index < -0.39 is 17.9 Å². The first kappa shape index (κ1) is 8.52. The maximum atomic E-state index is 12.5. The fraction of sp³-hybridized carbons (Fsp3) is 0.167. The van der Waals surface area contributed by atoms with Crippen molar-refractivity contribution in [3.63, 3.8) is 0 Å². The highest BCUT2D eigenvalue weighted by molar-refractivity contribution is 9.10. The highest BCUT2D eigenvalue weighted by Gasteiger charge is 2.10. The second kappa shape index (κ2) is 3.21. The second-order valence-electron chi connectivity index (χ2n) is 1.82. The molecule has 0 bridgehead atoms. The van der Waals surface area contributed by atoms with Crippen molar-refractivity contribution in [3.8, 4) is 0 Å². The molecule has 0 N–H and O–H groups in total. The van der Waals surface area contributed by atoms with E-state index in [-0.39, 0.29) is 4.47 Å². The molecule has 0 unspecified atom stereocenters. The molecule has 0 radical (unpaired) electrons. The molecule has 1 nitrogen and oxygen atoms in total. The van der Waals surface area contributed by atoms with Crippen LogP contribution in [0.4, 0.5) is 13.2 Å². The summed E-state index contributed by atoms with van der Waals surface area (Å²) in [5.41, 5.74) is -0.550. The Hall–Kier alpha value is -0.580. The zero-order chi connectivity index (χ0) is 8.43. The van der Waals surface area contributed by atoms with Crippen LogP contribution in [0, 0.1) is 5.82 Å². The fourth-order valence-corrected chi connectivity index (χ4v) is 0.765. The van der Waals surface area contributed by atoms with E-state index in [1.54, 1.807) is 0 Å². The number of alkyl halides is 2. The Balaban J connectivity index is 3.05. The molecule has 0 amide bonds. The molecule has 1 aromatic rings. The number of halogens is 4. The predicted molar refractivity (Wildman–Crippen MR) is 36.9 cm³/mol. The van der Waals surface area contributed by atoms with Crippen LogP contribution in [0.5, 0.6) is 0 Å². The molecule has 0 aliphatic rings. The van der Waals surface area contributed by atoms with E-state index in [0.717, 1.165) is 6.20 Å². The van der Waals surface area contributed by atoms with Gasteiger partial charge < -0.3 is 0 Å². The molecular weight excluding hydrogens is 223 g/mol. The van der Waals surface area contributed by atoms with Gasteiger partial charge in [-0.3, -0.25) is 4.98 Å². The van der Waals surface area contributed by atoms with E-state index in [0.29, 0.717) is 6.07 Å². The molecule has 0 fully saturated rings. The van der Waals surface area contributed by atoms with Crippen molar-refractivity contribution in [2.24, 2.45) is 0 Å². The molecule has 0 aliphatic heterocycles. The topological polar surface area (TPSA) is 12.9 Å². The lowest BCUT2D eigenvalue weighted by atomic mass is 10.3. The lowest BCUT2D eigenvalue weighted by Crippen LogP contribution is -1.91. The van der Waals surface area contributed by atoms with E-state index in [1.807, 2.05) is 0 Å². The fourth-order valence-electron chi connectivity index (χ4n) is 0.548. The second-order valence-corrected chi connectivity index (χ2v) is 2.68. The lowest BCUT2D eigenvalue weighted by molar-refractivity contribution is 0.145. The Bertz CT molecular complexity index is 264. The molecule has 11 heavy (non-hydrogen) atoms. The Morgan fingerprint density at radius 2 is 2.09 bits per heavy atom. The molecule has 60 valence electrons. The molecular formula is C6H3BrF3N. The number of hydrogen-bond acceptors (Lipinski definition) is 1. The van der Waals surface area contributed by atoms with Crippen molar-refractivity contribution < 1.29 is 13.2 Å². The summed E-state index contributed by atoms with van der Waals surface area (Å²) in [7, 11) is 0. The zero-order valence-corrected chi connectivity index (χ0v) is 6.78. The number of nitrogens with zero attached hydrogens (tertiary/aromatic N) is 1. The smallest absolute Gasteiger partial charge is 0.254 e. The van der Waals surface area contributed by atoms with Gasteiger partial charge >= 0.3 is 0 Å². The van der Waals surface area contributed by atoms with Crippen molar-refractivity contribution in [1.82, 2.24) is 4.98 Å². The maximum Gasteiger partial charge on any atom is 0.280 e. The average Bonchev–Trinajstić information content (AvgIpc) is 1.94. The summed E-state index contributed by atoms with van der Waals surface area (Å²) in [5.74, 6) is -0.727. The number of rotatable bonds is 1. The van der Waals surface area contributed by atoms with Crippen molar-refractivity contribution in [2.45, 2.75) is 6.43 Å². The van der Waals surface area contributed by atoms with Crippen LogP contribution in [0.15, 0.2) is 16.7 Å². The van der Waals surface area contributed by atoms with Crippen LogP contribution >= 0.6 is 15.9 Å². The van der Waals surface area contributed by atoms with Gasteiger partial charge in [0.25, 0.3) is 6.43 Å². The summed E-state index contributed by atoms with van der Waals surface area (Å²) < 4.78 is 36.3. The molecule has 1 heterocycles. The van der Waals surface area contributed by atoms with E-state index in [1.165, 1.54) is 0 Å². The van der Waals surface area contributed by atoms with Gasteiger partial charge in [0.2, 0.25) is 0 Å². The van der Waals surface area contributed by atoms with E-state index in [2.05, 4.69) is 20.9 Å². The van der Waals surface area contributed by atoms with Crippen LogP contribution in [0.3, 0.4) is 0 Å². The third-order valence-corrected chi connectivity index (χ3v) is 1.64. The molecule has 1 aromatic heterocycles. The van der Waals surface area contributed by atoms with Gasteiger partial charge in [-0.05, 0) is 15.9 Å². The van der Waals surface area contributed by atoms with E-state index in [4.69, 9.17) is 0 Å². The van der Waals surface area contributed by atoms with Gasteiger partial charge in [0, 0.05) is 12.3 Å². The first-order chi connectivity index (χ1) is 5.11. The SMILES string of the molecule is Fc1cc(C(F)F)ncc1Br. The van der Waals surface area contributed by atoms with Crippen molar-refractivity contribution in [3.05, 3.63) is 28.2 Å². The highest BCUT2D eigenvalue weighted by atomic mass is 79.9. The van der Waals surface area contributed by atoms with Crippen molar-refractivity contribution in [2.75, 3.05) is 0 Å². The Morgan fingerprint density at radius 1 is 1.45 bits per heavy atom. The average molecular weight is 226 g/mol. The molecule has 0 saturated carbocycles. The van der Waals surface area contributed by atoms with Crippen LogP contribution in [-0.2, 0) is 0 Å². The predicted octanol–water partition coefficient (Wildman–Crippen LogP) is 2.92. The number of aromatic nitrogens is 1. The van der Waals surface area contributed by atoms with Gasteiger partial charge in [-0.25, -0.2) is 13.2 Å². The third-order valence-electron chi connectivity index (χ3n) is 1.05. The van der Waals surface area contributed by atoms with Gasteiger partial charge in [-0.2, -0.15) is 0 Å². The molecule has 0 atom stereocenters. The van der Waals surface area contributed by atoms with Crippen LogP contribution in [0.2, 0.25) is 0 Å². The first-order valence-corrected chi connectivity index (χ1v) is 3.49. The van der Waals surface area contributed by atoms with Crippen LogP contribution in [-0.4, -0.2) is 4.98 Å². The van der Waals surface area contributed by atoms with Crippen LogP contribution in [0.1, 0.15) is 12.1 Å². The zero-order valence-electron chi connectivity index (χ0n) is 5.19. The van der Waals surface area contributed by atoms with Crippen molar-refractivity contribution >= 4 is 15.9 Å². The van der Waals surface area contributed by atoms with Crippen molar-refractivity contribution in [1.29, 1.82) is 0 Å². The third kappa shape index (κ3) is 1.92. The lowest BCUT2D eigenvalue weighted by Gasteiger charge is -1.98. The van der Waals surface area contributed by atoms with Gasteiger partial charge in [0.15, 0.2) is 0 Å². The Kier molecular flexibility index (Phi) is 2.49. The maximum absolute atomic E-state index is 12.5. The molecule has 0 saturated heterocycles. The molecule has 1 rings (SSSR count). The summed E-state index contributed by atoms with van der Waals surface area (Å²) in [6, 6.07) is 0.703. The normalized spacial score (nSPS) is 10.6. The van der Waals surface area contributed by atoms with Gasteiger partial charge in [0.1, 0.15) is 11.5 Å². The standard InChI is InChI=1S/C6H3BrF3N/c7-3-2-11-5(6(9)10)1-4(3)8/h1-2,6H. The molecule has 5 heteroatoms. The summed E-state index contributed by atoms with van der Waals surface area (Å²) in [5, 5.41) is 0. The minimum atomic E-state index is -2.72. The molecule has 0 aromatic carbocycles. The largest absolute Gasteiger partial charge is 0.280 e. The Labute approximate surface area is 69.4 Å². The minimum absolute atomic E-state index is 0.0851. The van der Waals surface area contributed by atoms with Gasteiger partial charge in [-0.1, -0.05) is 0 Å². The molecule has 0 aliphatic carbocycles.